The van der Waals surface area contributed by atoms with Gasteiger partial charge in [-0.05, 0) is 29.1 Å². The Balaban J connectivity index is 1.48. The number of carbonyl (C=O) groups excluding carboxylic acids is 1. The van der Waals surface area contributed by atoms with Gasteiger partial charge in [-0.3, -0.25) is 4.79 Å². The highest BCUT2D eigenvalue weighted by atomic mass is 32.2. The van der Waals surface area contributed by atoms with E-state index in [1.807, 2.05) is 41.8 Å². The summed E-state index contributed by atoms with van der Waals surface area (Å²) in [6, 6.07) is 16.3. The highest BCUT2D eigenvalue weighted by molar-refractivity contribution is 7.89. The van der Waals surface area contributed by atoms with Gasteiger partial charge in [0.1, 0.15) is 0 Å². The summed E-state index contributed by atoms with van der Waals surface area (Å²) in [5.41, 5.74) is 1.90. The normalized spacial score (nSPS) is 14.9. The van der Waals surface area contributed by atoms with E-state index < -0.39 is 10.0 Å². The summed E-state index contributed by atoms with van der Waals surface area (Å²) in [5, 5.41) is 1.91. The average molecular weight is 473 g/mol. The van der Waals surface area contributed by atoms with Crippen LogP contribution in [-0.2, 0) is 10.0 Å². The lowest BCUT2D eigenvalue weighted by atomic mass is 10.1. The van der Waals surface area contributed by atoms with Gasteiger partial charge in [0, 0.05) is 37.8 Å². The van der Waals surface area contributed by atoms with Crippen molar-refractivity contribution in [2.75, 3.05) is 40.4 Å². The van der Waals surface area contributed by atoms with Gasteiger partial charge in [-0.25, -0.2) is 8.42 Å². The highest BCUT2D eigenvalue weighted by Crippen LogP contribution is 2.32. The Bertz CT molecular complexity index is 1200. The zero-order valence-corrected chi connectivity index (χ0v) is 19.5. The molecule has 0 unspecified atom stereocenters. The summed E-state index contributed by atoms with van der Waals surface area (Å²) < 4.78 is 38.1. The van der Waals surface area contributed by atoms with Crippen molar-refractivity contribution < 1.29 is 22.7 Å². The Kier molecular flexibility index (Phi) is 6.50. The summed E-state index contributed by atoms with van der Waals surface area (Å²) in [7, 11) is -0.747. The van der Waals surface area contributed by atoms with Gasteiger partial charge in [0.05, 0.1) is 24.0 Å². The number of amides is 1. The monoisotopic (exact) mass is 472 g/mol. The van der Waals surface area contributed by atoms with Gasteiger partial charge in [0.25, 0.3) is 5.91 Å². The fourth-order valence-corrected chi connectivity index (χ4v) is 6.04. The first kappa shape index (κ1) is 22.3. The molecular weight excluding hydrogens is 448 g/mol. The van der Waals surface area contributed by atoms with Crippen LogP contribution < -0.4 is 9.47 Å². The fourth-order valence-electron chi connectivity index (χ4n) is 3.72. The largest absolute Gasteiger partial charge is 0.493 e. The molecule has 4 rings (SSSR count). The molecule has 168 valence electrons. The third-order valence-electron chi connectivity index (χ3n) is 5.46. The Morgan fingerprint density at radius 1 is 0.906 bits per heavy atom. The van der Waals surface area contributed by atoms with E-state index in [9.17, 15) is 13.2 Å². The van der Waals surface area contributed by atoms with Crippen molar-refractivity contribution in [2.45, 2.75) is 4.90 Å². The molecule has 1 aromatic heterocycles. The van der Waals surface area contributed by atoms with Gasteiger partial charge in [-0.2, -0.15) is 4.31 Å². The molecule has 2 aromatic carbocycles. The molecule has 3 aromatic rings. The smallest absolute Gasteiger partial charge is 0.264 e. The second-order valence-corrected chi connectivity index (χ2v) is 10.1. The van der Waals surface area contributed by atoms with E-state index in [2.05, 4.69) is 0 Å². The maximum Gasteiger partial charge on any atom is 0.264 e. The Labute approximate surface area is 191 Å². The first-order chi connectivity index (χ1) is 15.5. The number of carbonyl (C=O) groups is 1. The van der Waals surface area contributed by atoms with Crippen molar-refractivity contribution in [2.24, 2.45) is 0 Å². The summed E-state index contributed by atoms with van der Waals surface area (Å²) in [6.45, 7) is 1.12. The zero-order chi connectivity index (χ0) is 22.7. The maximum absolute atomic E-state index is 13.2. The predicted octanol–water partition coefficient (Wildman–Crippen LogP) is 3.58. The van der Waals surface area contributed by atoms with Crippen molar-refractivity contribution in [1.29, 1.82) is 0 Å². The van der Waals surface area contributed by atoms with Crippen LogP contribution in [0.3, 0.4) is 0 Å². The quantitative estimate of drug-likeness (QED) is 0.548. The van der Waals surface area contributed by atoms with E-state index in [1.165, 1.54) is 42.0 Å². The molecular formula is C23H24N2O5S2. The van der Waals surface area contributed by atoms with Gasteiger partial charge in [-0.15, -0.1) is 11.3 Å². The first-order valence-corrected chi connectivity index (χ1v) is 12.4. The van der Waals surface area contributed by atoms with Crippen molar-refractivity contribution in [3.8, 4) is 22.6 Å². The first-order valence-electron chi connectivity index (χ1n) is 10.1. The molecule has 0 radical (unpaired) electrons. The van der Waals surface area contributed by atoms with E-state index in [-0.39, 0.29) is 23.9 Å². The summed E-state index contributed by atoms with van der Waals surface area (Å²) in [6.07, 6.45) is 0. The van der Waals surface area contributed by atoms with Gasteiger partial charge < -0.3 is 14.4 Å². The lowest BCUT2D eigenvalue weighted by Gasteiger charge is -2.34. The number of benzene rings is 2. The molecule has 0 saturated carbocycles. The standard InChI is InChI=1S/C23H24N2O5S2/c1-29-20-9-8-18(16-21(20)30-2)32(27,28)25-13-11-24(12-14-25)23(26)22-19(10-15-31-22)17-6-4-3-5-7-17/h3-10,15-16H,11-14H2,1-2H3. The number of thiophene rings is 1. The van der Waals surface area contributed by atoms with Crippen LogP contribution in [0, 0.1) is 0 Å². The molecule has 7 nitrogen and oxygen atoms in total. The van der Waals surface area contributed by atoms with E-state index in [4.69, 9.17) is 9.47 Å². The second kappa shape index (κ2) is 9.32. The van der Waals surface area contributed by atoms with Crippen LogP contribution in [0.4, 0.5) is 0 Å². The lowest BCUT2D eigenvalue weighted by molar-refractivity contribution is 0.0703. The average Bonchev–Trinajstić information content (AvgIpc) is 3.33. The van der Waals surface area contributed by atoms with Gasteiger partial charge >= 0.3 is 0 Å². The van der Waals surface area contributed by atoms with Gasteiger partial charge in [0.15, 0.2) is 11.5 Å². The number of hydrogen-bond donors (Lipinski definition) is 0. The van der Waals surface area contributed by atoms with Gasteiger partial charge in [-0.1, -0.05) is 30.3 Å². The molecule has 9 heteroatoms. The van der Waals surface area contributed by atoms with Crippen molar-refractivity contribution in [1.82, 2.24) is 9.21 Å². The Morgan fingerprint density at radius 3 is 2.25 bits per heavy atom. The van der Waals surface area contributed by atoms with E-state index in [1.54, 1.807) is 11.0 Å². The predicted molar refractivity (Wildman–Crippen MR) is 124 cm³/mol. The van der Waals surface area contributed by atoms with Crippen LogP contribution in [0.15, 0.2) is 64.9 Å². The third-order valence-corrected chi connectivity index (χ3v) is 8.26. The van der Waals surface area contributed by atoms with Crippen molar-refractivity contribution in [3.63, 3.8) is 0 Å². The maximum atomic E-state index is 13.2. The van der Waals surface area contributed by atoms with Crippen LogP contribution in [0.1, 0.15) is 9.67 Å². The number of sulfonamides is 1. The molecule has 0 atom stereocenters. The lowest BCUT2D eigenvalue weighted by Crippen LogP contribution is -2.50. The molecule has 0 spiro atoms. The minimum Gasteiger partial charge on any atom is -0.493 e. The van der Waals surface area contributed by atoms with Crippen LogP contribution in [0.5, 0.6) is 11.5 Å². The summed E-state index contributed by atoms with van der Waals surface area (Å²) >= 11 is 1.41. The molecule has 1 amide bonds. The SMILES string of the molecule is COc1ccc(S(=O)(=O)N2CCN(C(=O)c3sccc3-c3ccccc3)CC2)cc1OC. The van der Waals surface area contributed by atoms with Crippen LogP contribution in [-0.4, -0.2) is 63.9 Å². The molecule has 0 N–H and O–H groups in total. The number of nitrogens with zero attached hydrogens (tertiary/aromatic N) is 2. The van der Waals surface area contributed by atoms with Crippen molar-refractivity contribution >= 4 is 27.3 Å². The highest BCUT2D eigenvalue weighted by Gasteiger charge is 2.32. The molecule has 1 fully saturated rings. The second-order valence-electron chi connectivity index (χ2n) is 7.24. The number of rotatable bonds is 6. The Hall–Kier alpha value is -2.88. The van der Waals surface area contributed by atoms with Crippen LogP contribution >= 0.6 is 11.3 Å². The zero-order valence-electron chi connectivity index (χ0n) is 17.9. The van der Waals surface area contributed by atoms with E-state index in [0.29, 0.717) is 29.5 Å². The Morgan fingerprint density at radius 2 is 1.59 bits per heavy atom. The number of methoxy groups -OCH3 is 2. The molecule has 1 aliphatic rings. The fraction of sp³-hybridized carbons (Fsp3) is 0.261. The van der Waals surface area contributed by atoms with Crippen LogP contribution in [0.2, 0.25) is 0 Å². The molecule has 32 heavy (non-hydrogen) atoms. The van der Waals surface area contributed by atoms with Crippen LogP contribution in [0.25, 0.3) is 11.1 Å². The molecule has 2 heterocycles. The number of piperazine rings is 1. The minimum absolute atomic E-state index is 0.0676. The molecule has 1 aliphatic heterocycles. The number of ether oxygens (including phenoxy) is 2. The third kappa shape index (κ3) is 4.23. The van der Waals surface area contributed by atoms with Crippen molar-refractivity contribution in [3.05, 3.63) is 64.9 Å². The summed E-state index contributed by atoms with van der Waals surface area (Å²) in [5.74, 6) is 0.752. The summed E-state index contributed by atoms with van der Waals surface area (Å²) in [4.78, 5) is 15.7. The minimum atomic E-state index is -3.71. The molecule has 0 bridgehead atoms. The number of hydrogen-bond acceptors (Lipinski definition) is 6. The van der Waals surface area contributed by atoms with Gasteiger partial charge in [0.2, 0.25) is 10.0 Å². The van der Waals surface area contributed by atoms with E-state index >= 15 is 0 Å². The molecule has 1 saturated heterocycles. The van der Waals surface area contributed by atoms with E-state index in [0.717, 1.165) is 11.1 Å². The molecule has 0 aliphatic carbocycles. The topological polar surface area (TPSA) is 76.2 Å².